The number of nitrogens with zero attached hydrogens (tertiary/aromatic N) is 2. The van der Waals surface area contributed by atoms with E-state index in [4.69, 9.17) is 0 Å². The summed E-state index contributed by atoms with van der Waals surface area (Å²) in [4.78, 5) is 10.1. The molecule has 4 heteroatoms. The highest BCUT2D eigenvalue weighted by Crippen LogP contribution is 2.09. The molecule has 0 spiro atoms. The maximum atomic E-state index is 4.33. The summed E-state index contributed by atoms with van der Waals surface area (Å²) in [6, 6.07) is 6.20. The highest BCUT2D eigenvalue weighted by atomic mass is 32.1. The standard InChI is InChI=1S/C12H15N3S/c1-9-8-10(2)15-12(14-9)13-6-5-11-4-3-7-16-11/h3-4,7-8H,5-6H2,1-2H3,(H,13,14,15). The Balaban J connectivity index is 1.89. The first kappa shape index (κ1) is 11.1. The maximum absolute atomic E-state index is 4.33. The van der Waals surface area contributed by atoms with Crippen LogP contribution in [0.2, 0.25) is 0 Å². The Bertz CT molecular complexity index is 431. The molecule has 0 fully saturated rings. The molecule has 84 valence electrons. The van der Waals surface area contributed by atoms with Gasteiger partial charge in [-0.05, 0) is 37.8 Å². The van der Waals surface area contributed by atoms with Crippen molar-refractivity contribution in [2.24, 2.45) is 0 Å². The highest BCUT2D eigenvalue weighted by Gasteiger charge is 1.99. The minimum atomic E-state index is 0.731. The first-order chi connectivity index (χ1) is 7.74. The van der Waals surface area contributed by atoms with Crippen molar-refractivity contribution in [1.82, 2.24) is 9.97 Å². The minimum absolute atomic E-state index is 0.731. The quantitative estimate of drug-likeness (QED) is 0.882. The van der Waals surface area contributed by atoms with Crippen molar-refractivity contribution in [2.75, 3.05) is 11.9 Å². The van der Waals surface area contributed by atoms with E-state index in [0.29, 0.717) is 0 Å². The summed E-state index contributed by atoms with van der Waals surface area (Å²) in [5, 5.41) is 5.35. The molecule has 0 radical (unpaired) electrons. The summed E-state index contributed by atoms with van der Waals surface area (Å²) < 4.78 is 0. The molecule has 0 aliphatic carbocycles. The molecule has 2 aromatic rings. The van der Waals surface area contributed by atoms with Gasteiger partial charge in [0.25, 0.3) is 0 Å². The lowest BCUT2D eigenvalue weighted by Crippen LogP contribution is -2.08. The molecular formula is C12H15N3S. The van der Waals surface area contributed by atoms with Crippen LogP contribution >= 0.6 is 11.3 Å². The third-order valence-electron chi connectivity index (χ3n) is 2.22. The van der Waals surface area contributed by atoms with E-state index in [1.54, 1.807) is 11.3 Å². The number of thiophene rings is 1. The van der Waals surface area contributed by atoms with Gasteiger partial charge in [-0.3, -0.25) is 0 Å². The van der Waals surface area contributed by atoms with E-state index < -0.39 is 0 Å². The van der Waals surface area contributed by atoms with E-state index >= 15 is 0 Å². The number of anilines is 1. The van der Waals surface area contributed by atoms with Crippen LogP contribution in [0, 0.1) is 13.8 Å². The first-order valence-corrected chi connectivity index (χ1v) is 6.20. The lowest BCUT2D eigenvalue weighted by molar-refractivity contribution is 0.974. The van der Waals surface area contributed by atoms with Crippen LogP contribution in [0.1, 0.15) is 16.3 Å². The molecule has 0 aliphatic heterocycles. The summed E-state index contributed by atoms with van der Waals surface area (Å²) in [6.45, 7) is 4.85. The van der Waals surface area contributed by atoms with Crippen molar-refractivity contribution in [1.29, 1.82) is 0 Å². The number of hydrogen-bond acceptors (Lipinski definition) is 4. The predicted molar refractivity (Wildman–Crippen MR) is 68.0 cm³/mol. The fourth-order valence-electron chi connectivity index (χ4n) is 1.56. The van der Waals surface area contributed by atoms with Gasteiger partial charge in [-0.25, -0.2) is 9.97 Å². The smallest absolute Gasteiger partial charge is 0.223 e. The second kappa shape index (κ2) is 5.07. The number of rotatable bonds is 4. The summed E-state index contributed by atoms with van der Waals surface area (Å²) in [5.41, 5.74) is 2.01. The maximum Gasteiger partial charge on any atom is 0.223 e. The summed E-state index contributed by atoms with van der Waals surface area (Å²) in [6.07, 6.45) is 1.02. The van der Waals surface area contributed by atoms with E-state index in [-0.39, 0.29) is 0 Å². The van der Waals surface area contributed by atoms with Crippen LogP contribution in [0.3, 0.4) is 0 Å². The molecule has 0 amide bonds. The SMILES string of the molecule is Cc1cc(C)nc(NCCc2cccs2)n1. The first-order valence-electron chi connectivity index (χ1n) is 5.32. The van der Waals surface area contributed by atoms with Gasteiger partial charge in [0.05, 0.1) is 0 Å². The molecule has 1 N–H and O–H groups in total. The normalized spacial score (nSPS) is 10.4. The zero-order chi connectivity index (χ0) is 11.4. The van der Waals surface area contributed by atoms with Crippen LogP contribution in [0.15, 0.2) is 23.6 Å². The molecule has 0 atom stereocenters. The average molecular weight is 233 g/mol. The van der Waals surface area contributed by atoms with Crippen LogP contribution in [0.25, 0.3) is 0 Å². The van der Waals surface area contributed by atoms with Crippen molar-refractivity contribution >= 4 is 17.3 Å². The van der Waals surface area contributed by atoms with Gasteiger partial charge in [0.1, 0.15) is 0 Å². The highest BCUT2D eigenvalue weighted by molar-refractivity contribution is 7.09. The molecule has 0 saturated carbocycles. The van der Waals surface area contributed by atoms with Crippen LogP contribution in [0.4, 0.5) is 5.95 Å². The van der Waals surface area contributed by atoms with Crippen LogP contribution < -0.4 is 5.32 Å². The number of hydrogen-bond donors (Lipinski definition) is 1. The van der Waals surface area contributed by atoms with Gasteiger partial charge < -0.3 is 5.32 Å². The topological polar surface area (TPSA) is 37.8 Å². The van der Waals surface area contributed by atoms with Gasteiger partial charge in [0, 0.05) is 22.8 Å². The van der Waals surface area contributed by atoms with Gasteiger partial charge in [-0.15, -0.1) is 11.3 Å². The monoisotopic (exact) mass is 233 g/mol. The Morgan fingerprint density at radius 2 is 2.00 bits per heavy atom. The predicted octanol–water partition coefficient (Wildman–Crippen LogP) is 2.81. The van der Waals surface area contributed by atoms with Gasteiger partial charge in [0.15, 0.2) is 0 Å². The molecule has 2 aromatic heterocycles. The molecule has 16 heavy (non-hydrogen) atoms. The average Bonchev–Trinajstić information content (AvgIpc) is 2.69. The second-order valence-electron chi connectivity index (χ2n) is 3.73. The molecule has 0 bridgehead atoms. The molecule has 0 unspecified atom stereocenters. The van der Waals surface area contributed by atoms with Gasteiger partial charge in [0.2, 0.25) is 5.95 Å². The van der Waals surface area contributed by atoms with Crippen molar-refractivity contribution in [3.05, 3.63) is 39.8 Å². The molecule has 3 nitrogen and oxygen atoms in total. The number of nitrogens with one attached hydrogen (secondary N) is 1. The lowest BCUT2D eigenvalue weighted by Gasteiger charge is -2.05. The Hall–Kier alpha value is -1.42. The molecule has 0 aliphatic rings. The van der Waals surface area contributed by atoms with Crippen LogP contribution in [0.5, 0.6) is 0 Å². The van der Waals surface area contributed by atoms with E-state index in [1.165, 1.54) is 4.88 Å². The third-order valence-corrected chi connectivity index (χ3v) is 3.15. The lowest BCUT2D eigenvalue weighted by atomic mass is 10.3. The van der Waals surface area contributed by atoms with Gasteiger partial charge in [-0.2, -0.15) is 0 Å². The summed E-state index contributed by atoms with van der Waals surface area (Å²) >= 11 is 1.78. The zero-order valence-corrected chi connectivity index (χ0v) is 10.3. The molecule has 2 rings (SSSR count). The second-order valence-corrected chi connectivity index (χ2v) is 4.76. The van der Waals surface area contributed by atoms with Crippen molar-refractivity contribution in [3.63, 3.8) is 0 Å². The zero-order valence-electron chi connectivity index (χ0n) is 9.53. The third kappa shape index (κ3) is 3.03. The van der Waals surface area contributed by atoms with Crippen molar-refractivity contribution in [3.8, 4) is 0 Å². The molecule has 0 aromatic carbocycles. The fraction of sp³-hybridized carbons (Fsp3) is 0.333. The van der Waals surface area contributed by atoms with Crippen molar-refractivity contribution in [2.45, 2.75) is 20.3 Å². The van der Waals surface area contributed by atoms with Gasteiger partial charge >= 0.3 is 0 Å². The Morgan fingerprint density at radius 3 is 2.62 bits per heavy atom. The fourth-order valence-corrected chi connectivity index (χ4v) is 2.27. The van der Waals surface area contributed by atoms with E-state index in [1.807, 2.05) is 19.9 Å². The van der Waals surface area contributed by atoms with E-state index in [0.717, 1.165) is 30.3 Å². The largest absolute Gasteiger partial charge is 0.354 e. The van der Waals surface area contributed by atoms with E-state index in [9.17, 15) is 0 Å². The Kier molecular flexibility index (Phi) is 3.51. The summed E-state index contributed by atoms with van der Waals surface area (Å²) in [5.74, 6) is 0.731. The summed E-state index contributed by atoms with van der Waals surface area (Å²) in [7, 11) is 0. The Morgan fingerprint density at radius 1 is 1.25 bits per heavy atom. The Labute approximate surface area is 99.6 Å². The number of aryl methyl sites for hydroxylation is 2. The molecule has 0 saturated heterocycles. The molecular weight excluding hydrogens is 218 g/mol. The number of aromatic nitrogens is 2. The van der Waals surface area contributed by atoms with E-state index in [2.05, 4.69) is 32.8 Å². The van der Waals surface area contributed by atoms with Gasteiger partial charge in [-0.1, -0.05) is 6.07 Å². The van der Waals surface area contributed by atoms with Crippen LogP contribution in [-0.4, -0.2) is 16.5 Å². The van der Waals surface area contributed by atoms with Crippen molar-refractivity contribution < 1.29 is 0 Å². The van der Waals surface area contributed by atoms with Crippen LogP contribution in [-0.2, 0) is 6.42 Å². The minimum Gasteiger partial charge on any atom is -0.354 e. The molecule has 2 heterocycles.